The summed E-state index contributed by atoms with van der Waals surface area (Å²) in [5, 5.41) is 0. The fraction of sp³-hybridized carbons (Fsp3) is 0.750. The maximum Gasteiger partial charge on any atom is 2.00 e. The van der Waals surface area contributed by atoms with Crippen LogP contribution in [0.25, 0.3) is 0 Å². The monoisotopic (exact) mass is 464 g/mol. The van der Waals surface area contributed by atoms with Gasteiger partial charge >= 0.3 is 19.5 Å². The van der Waals surface area contributed by atoms with Crippen molar-refractivity contribution in [3.8, 4) is 0 Å². The molecule has 0 heterocycles. The molecule has 0 atom stereocenters. The van der Waals surface area contributed by atoms with Crippen molar-refractivity contribution in [1.29, 1.82) is 0 Å². The van der Waals surface area contributed by atoms with Gasteiger partial charge in [-0.2, -0.15) is 13.8 Å². The van der Waals surface area contributed by atoms with Gasteiger partial charge in [0.15, 0.2) is 0 Å². The number of rotatable bonds is 3. The van der Waals surface area contributed by atoms with Gasteiger partial charge in [0.05, 0.1) is 13.2 Å². The summed E-state index contributed by atoms with van der Waals surface area (Å²) in [7, 11) is 3.30. The molecule has 0 saturated carbocycles. The van der Waals surface area contributed by atoms with E-state index in [1.165, 1.54) is 0 Å². The minimum atomic E-state index is 0. The molecule has 0 unspecified atom stereocenters. The molecule has 0 aliphatic carbocycles. The van der Waals surface area contributed by atoms with Gasteiger partial charge < -0.3 is 54.7 Å². The Morgan fingerprint density at radius 1 is 0.923 bits per heavy atom. The maximum absolute atomic E-state index is 4.66. The van der Waals surface area contributed by atoms with Crippen molar-refractivity contribution in [3.63, 3.8) is 0 Å². The summed E-state index contributed by atoms with van der Waals surface area (Å²) in [6, 6.07) is 0. The molecule has 0 bridgehead atoms. The van der Waals surface area contributed by atoms with Crippen molar-refractivity contribution in [2.75, 3.05) is 27.4 Å². The van der Waals surface area contributed by atoms with E-state index in [1.807, 2.05) is 22.7 Å². The average Bonchev–Trinajstić information content (AvgIpc) is 2.04. The number of ether oxygens (including phenoxy) is 2. The fourth-order valence-corrected chi connectivity index (χ4v) is 0.167. The molecule has 5 heteroatoms. The minimum absolute atomic E-state index is 0. The first-order valence-electron chi connectivity index (χ1n) is 3.48. The van der Waals surface area contributed by atoms with Crippen LogP contribution in [0.5, 0.6) is 0 Å². The largest absolute Gasteiger partial charge is 2.00 e. The van der Waals surface area contributed by atoms with Gasteiger partial charge in [-0.3, -0.25) is 8.86 Å². The molecular formula is C8H18I2O2Zn. The summed E-state index contributed by atoms with van der Waals surface area (Å²) < 4.78 is 13.3. The van der Waals surface area contributed by atoms with E-state index in [0.717, 1.165) is 0 Å². The van der Waals surface area contributed by atoms with Crippen LogP contribution in [0.4, 0.5) is 0 Å². The maximum atomic E-state index is 4.66. The van der Waals surface area contributed by atoms with Crippen molar-refractivity contribution < 1.29 is 29.0 Å². The van der Waals surface area contributed by atoms with Crippen LogP contribution < -0.4 is 0 Å². The van der Waals surface area contributed by atoms with E-state index < -0.39 is 0 Å². The van der Waals surface area contributed by atoms with E-state index >= 15 is 0 Å². The smallest absolute Gasteiger partial charge is 0.382 e. The number of hydrogen-bond acceptors (Lipinski definition) is 2. The van der Waals surface area contributed by atoms with E-state index in [4.69, 9.17) is 0 Å². The Bertz CT molecular complexity index is 45.1. The Morgan fingerprint density at radius 3 is 1.15 bits per heavy atom. The van der Waals surface area contributed by atoms with Crippen LogP contribution >= 0.6 is 45.2 Å². The molecule has 0 radical (unpaired) electrons. The van der Waals surface area contributed by atoms with Gasteiger partial charge in [-0.25, -0.2) is 0 Å². The zero-order chi connectivity index (χ0) is 10.2. The second-order valence-electron chi connectivity index (χ2n) is 1.42. The van der Waals surface area contributed by atoms with E-state index in [-0.39, 0.29) is 19.5 Å². The number of halogens is 2. The van der Waals surface area contributed by atoms with Crippen molar-refractivity contribution in [2.45, 2.75) is 13.8 Å². The summed E-state index contributed by atoms with van der Waals surface area (Å²) in [5.74, 6) is 0. The Hall–Kier alpha value is 2.00. The summed E-state index contributed by atoms with van der Waals surface area (Å²) in [6.45, 7) is 5.36. The zero-order valence-electron chi connectivity index (χ0n) is 8.85. The minimum Gasteiger partial charge on any atom is -0.382 e. The van der Waals surface area contributed by atoms with Crippen LogP contribution in [0.15, 0.2) is 0 Å². The van der Waals surface area contributed by atoms with Crippen LogP contribution in [0.3, 0.4) is 0 Å². The molecule has 0 fully saturated rings. The van der Waals surface area contributed by atoms with E-state index in [1.54, 1.807) is 14.2 Å². The topological polar surface area (TPSA) is 18.5 Å². The molecule has 2 nitrogen and oxygen atoms in total. The van der Waals surface area contributed by atoms with E-state index in [2.05, 4.69) is 54.7 Å². The zero-order valence-corrected chi connectivity index (χ0v) is 16.1. The van der Waals surface area contributed by atoms with Crippen LogP contribution in [-0.4, -0.2) is 27.4 Å². The Kier molecular flexibility index (Phi) is 69.1. The van der Waals surface area contributed by atoms with Crippen molar-refractivity contribution >= 4 is 45.2 Å². The van der Waals surface area contributed by atoms with Gasteiger partial charge in [0, 0.05) is 14.2 Å². The fourth-order valence-electron chi connectivity index (χ4n) is 0.167. The van der Waals surface area contributed by atoms with Gasteiger partial charge in [0.1, 0.15) is 0 Å². The predicted octanol–water partition coefficient (Wildman–Crippen LogP) is 3.48. The van der Waals surface area contributed by atoms with Gasteiger partial charge in [0.2, 0.25) is 0 Å². The van der Waals surface area contributed by atoms with E-state index in [0.29, 0.717) is 13.2 Å². The van der Waals surface area contributed by atoms with Gasteiger partial charge in [-0.15, -0.1) is 0 Å². The Morgan fingerprint density at radius 2 is 1.08 bits per heavy atom. The summed E-state index contributed by atoms with van der Waals surface area (Å²) in [4.78, 5) is 0. The third-order valence-electron chi connectivity index (χ3n) is 0.492. The second kappa shape index (κ2) is 37.0. The third kappa shape index (κ3) is 80.6. The molecule has 0 rings (SSSR count). The first-order chi connectivity index (χ1) is 5.74. The van der Waals surface area contributed by atoms with Crippen molar-refractivity contribution in [3.05, 3.63) is 8.86 Å². The normalized spacial score (nSPS) is 6.92. The molecule has 0 aliphatic heterocycles. The molecule has 0 spiro atoms. The van der Waals surface area contributed by atoms with Crippen LogP contribution in [0.1, 0.15) is 13.8 Å². The molecule has 0 aliphatic rings. The van der Waals surface area contributed by atoms with Gasteiger partial charge in [-0.1, -0.05) is 0 Å². The third-order valence-corrected chi connectivity index (χ3v) is 0.492. The predicted molar refractivity (Wildman–Crippen MR) is 71.7 cm³/mol. The van der Waals surface area contributed by atoms with Crippen molar-refractivity contribution in [1.82, 2.24) is 0 Å². The van der Waals surface area contributed by atoms with Gasteiger partial charge in [-0.05, 0) is 0 Å². The molecule has 0 amide bonds. The number of hydrogen-bond donors (Lipinski definition) is 0. The molecule has 0 aromatic carbocycles. The summed E-state index contributed by atoms with van der Waals surface area (Å²) in [5.41, 5.74) is 0. The SMILES string of the molecule is COCCOC.C[CH-]I.C[CH-]I.[Zn+2]. The van der Waals surface area contributed by atoms with Crippen molar-refractivity contribution in [2.24, 2.45) is 0 Å². The first-order valence-corrected chi connectivity index (χ1v) is 5.98. The van der Waals surface area contributed by atoms with Crippen LogP contribution in [0.2, 0.25) is 0 Å². The quantitative estimate of drug-likeness (QED) is 0.275. The Balaban J connectivity index is -0.0000000501. The molecule has 0 aromatic heterocycles. The molecular weight excluding hydrogens is 447 g/mol. The van der Waals surface area contributed by atoms with Gasteiger partial charge in [0.25, 0.3) is 0 Å². The van der Waals surface area contributed by atoms with E-state index in [9.17, 15) is 0 Å². The molecule has 0 N–H and O–H groups in total. The molecule has 78 valence electrons. The second-order valence-corrected chi connectivity index (χ2v) is 3.91. The summed E-state index contributed by atoms with van der Waals surface area (Å²) >= 11 is 4.33. The average molecular weight is 465 g/mol. The first kappa shape index (κ1) is 24.3. The van der Waals surface area contributed by atoms with Crippen LogP contribution in [0, 0.1) is 8.86 Å². The molecule has 0 saturated heterocycles. The number of methoxy groups -OCH3 is 2. The molecule has 13 heavy (non-hydrogen) atoms. The standard InChI is InChI=1S/C4H10O2.2C2H4I.Zn/c1-5-3-4-6-2;2*1-2-3;/h3-4H2,1-2H3;2*2H,1H3;/q;2*-1;+2. The molecule has 0 aromatic rings. The summed E-state index contributed by atoms with van der Waals surface area (Å²) in [6.07, 6.45) is 0. The van der Waals surface area contributed by atoms with Crippen LogP contribution in [-0.2, 0) is 29.0 Å². The Labute approximate surface area is 123 Å².